The molecular formula is C21H18FN5O3. The highest BCUT2D eigenvalue weighted by atomic mass is 19.1. The Morgan fingerprint density at radius 3 is 2.67 bits per heavy atom. The van der Waals surface area contributed by atoms with Gasteiger partial charge in [0.15, 0.2) is 0 Å². The van der Waals surface area contributed by atoms with Crippen molar-refractivity contribution >= 4 is 5.97 Å². The maximum Gasteiger partial charge on any atom is 0.379 e. The highest BCUT2D eigenvalue weighted by Crippen LogP contribution is 2.21. The van der Waals surface area contributed by atoms with Gasteiger partial charge in [0.25, 0.3) is 5.82 Å². The van der Waals surface area contributed by atoms with Crippen molar-refractivity contribution in [2.24, 2.45) is 0 Å². The molecule has 4 aromatic rings. The topological polar surface area (TPSA) is 95.9 Å². The van der Waals surface area contributed by atoms with Crippen LogP contribution in [0.3, 0.4) is 0 Å². The first kappa shape index (κ1) is 19.4. The first-order valence-corrected chi connectivity index (χ1v) is 9.33. The molecule has 3 aromatic heterocycles. The number of carbonyl (C=O) groups is 1. The molecule has 30 heavy (non-hydrogen) atoms. The maximum atomic E-state index is 13.3. The molecule has 0 N–H and O–H groups in total. The van der Waals surface area contributed by atoms with Gasteiger partial charge in [-0.25, -0.2) is 9.18 Å². The molecule has 0 aliphatic carbocycles. The summed E-state index contributed by atoms with van der Waals surface area (Å²) in [7, 11) is 0. The smallest absolute Gasteiger partial charge is 0.379 e. The van der Waals surface area contributed by atoms with Crippen molar-refractivity contribution in [2.75, 3.05) is 6.61 Å². The fourth-order valence-electron chi connectivity index (χ4n) is 2.94. The first-order valence-electron chi connectivity index (χ1n) is 9.33. The number of nitrogens with zero attached hydrogens (tertiary/aromatic N) is 5. The lowest BCUT2D eigenvalue weighted by Crippen LogP contribution is -2.09. The van der Waals surface area contributed by atoms with E-state index in [-0.39, 0.29) is 30.7 Å². The Hall–Kier alpha value is -3.88. The summed E-state index contributed by atoms with van der Waals surface area (Å²) in [6.07, 6.45) is 3.91. The van der Waals surface area contributed by atoms with Crippen LogP contribution >= 0.6 is 0 Å². The van der Waals surface area contributed by atoms with E-state index in [1.54, 1.807) is 36.1 Å². The number of rotatable bonds is 7. The van der Waals surface area contributed by atoms with Gasteiger partial charge in [-0.1, -0.05) is 12.1 Å². The molecule has 0 amide bonds. The van der Waals surface area contributed by atoms with E-state index in [0.717, 1.165) is 22.5 Å². The van der Waals surface area contributed by atoms with Gasteiger partial charge in [-0.15, -0.1) is 0 Å². The van der Waals surface area contributed by atoms with Gasteiger partial charge in [-0.2, -0.15) is 10.1 Å². The van der Waals surface area contributed by atoms with Crippen molar-refractivity contribution in [1.29, 1.82) is 0 Å². The molecule has 0 unspecified atom stereocenters. The second-order valence-electron chi connectivity index (χ2n) is 6.45. The summed E-state index contributed by atoms with van der Waals surface area (Å²) >= 11 is 0. The molecule has 1 aromatic carbocycles. The van der Waals surface area contributed by atoms with E-state index in [0.29, 0.717) is 6.42 Å². The van der Waals surface area contributed by atoms with Crippen LogP contribution in [0.5, 0.6) is 0 Å². The quantitative estimate of drug-likeness (QED) is 0.434. The zero-order chi connectivity index (χ0) is 20.9. The van der Waals surface area contributed by atoms with Crippen LogP contribution in [-0.2, 0) is 17.7 Å². The Balaban J connectivity index is 1.64. The van der Waals surface area contributed by atoms with Crippen LogP contribution in [0.4, 0.5) is 4.39 Å². The van der Waals surface area contributed by atoms with E-state index < -0.39 is 5.97 Å². The van der Waals surface area contributed by atoms with Crippen LogP contribution in [0.15, 0.2) is 59.4 Å². The van der Waals surface area contributed by atoms with Gasteiger partial charge in [-0.05, 0) is 48.0 Å². The van der Waals surface area contributed by atoms with Crippen LogP contribution in [0, 0.1) is 5.82 Å². The summed E-state index contributed by atoms with van der Waals surface area (Å²) in [5.74, 6) is -0.838. The summed E-state index contributed by atoms with van der Waals surface area (Å²) in [6.45, 7) is 2.10. The molecule has 0 spiro atoms. The molecule has 8 nitrogen and oxygen atoms in total. The van der Waals surface area contributed by atoms with E-state index in [1.807, 2.05) is 18.2 Å². The number of halogens is 1. The summed E-state index contributed by atoms with van der Waals surface area (Å²) < 4.78 is 25.0. The van der Waals surface area contributed by atoms with Gasteiger partial charge in [0, 0.05) is 30.1 Å². The molecule has 0 fully saturated rings. The van der Waals surface area contributed by atoms with Crippen molar-refractivity contribution in [3.63, 3.8) is 0 Å². The average Bonchev–Trinajstić information content (AvgIpc) is 3.38. The Morgan fingerprint density at radius 2 is 1.93 bits per heavy atom. The number of pyridine rings is 1. The van der Waals surface area contributed by atoms with Crippen LogP contribution in [-0.4, -0.2) is 37.5 Å². The molecule has 3 heterocycles. The van der Waals surface area contributed by atoms with Crippen LogP contribution in [0.2, 0.25) is 0 Å². The third-order valence-electron chi connectivity index (χ3n) is 4.35. The SMILES string of the molecule is CCOC(=O)c1noc(Cn2nc(-c3ccncc3)cc2Cc2ccc(F)cc2)n1. The van der Waals surface area contributed by atoms with E-state index in [4.69, 9.17) is 9.26 Å². The van der Waals surface area contributed by atoms with Gasteiger partial charge >= 0.3 is 5.97 Å². The molecule has 9 heteroatoms. The predicted molar refractivity (Wildman–Crippen MR) is 104 cm³/mol. The van der Waals surface area contributed by atoms with E-state index in [2.05, 4.69) is 20.2 Å². The predicted octanol–water partition coefficient (Wildman–Crippen LogP) is 3.28. The van der Waals surface area contributed by atoms with Gasteiger partial charge in [0.2, 0.25) is 5.89 Å². The average molecular weight is 407 g/mol. The minimum Gasteiger partial charge on any atom is -0.460 e. The van der Waals surface area contributed by atoms with Gasteiger partial charge in [0.1, 0.15) is 12.4 Å². The van der Waals surface area contributed by atoms with Crippen LogP contribution < -0.4 is 0 Å². The molecule has 0 aliphatic heterocycles. The van der Waals surface area contributed by atoms with Gasteiger partial charge in [0.05, 0.1) is 12.3 Å². The Kier molecular flexibility index (Phi) is 5.60. The summed E-state index contributed by atoms with van der Waals surface area (Å²) in [5, 5.41) is 8.32. The second kappa shape index (κ2) is 8.64. The van der Waals surface area contributed by atoms with Gasteiger partial charge < -0.3 is 9.26 Å². The number of ether oxygens (including phenoxy) is 1. The standard InChI is InChI=1S/C21H18FN5O3/c1-2-29-21(28)20-24-19(30-26-20)13-27-17(11-14-3-5-16(22)6-4-14)12-18(25-27)15-7-9-23-10-8-15/h3-10,12H,2,11,13H2,1H3. The normalized spacial score (nSPS) is 10.9. The van der Waals surface area contributed by atoms with Crippen molar-refractivity contribution < 1.29 is 18.4 Å². The molecule has 0 aliphatic rings. The molecule has 4 rings (SSSR count). The van der Waals surface area contributed by atoms with Crippen molar-refractivity contribution in [1.82, 2.24) is 24.9 Å². The lowest BCUT2D eigenvalue weighted by molar-refractivity contribution is 0.0508. The van der Waals surface area contributed by atoms with Crippen LogP contribution in [0.25, 0.3) is 11.3 Å². The summed E-state index contributed by atoms with van der Waals surface area (Å²) in [6, 6.07) is 12.0. The largest absolute Gasteiger partial charge is 0.460 e. The zero-order valence-electron chi connectivity index (χ0n) is 16.2. The number of carbonyl (C=O) groups excluding carboxylic acids is 1. The van der Waals surface area contributed by atoms with Crippen molar-refractivity contribution in [2.45, 2.75) is 19.9 Å². The third-order valence-corrected chi connectivity index (χ3v) is 4.35. The van der Waals surface area contributed by atoms with E-state index >= 15 is 0 Å². The summed E-state index contributed by atoms with van der Waals surface area (Å²) in [4.78, 5) is 19.9. The highest BCUT2D eigenvalue weighted by Gasteiger charge is 2.18. The monoisotopic (exact) mass is 407 g/mol. The second-order valence-corrected chi connectivity index (χ2v) is 6.45. The summed E-state index contributed by atoms with van der Waals surface area (Å²) in [5.41, 5.74) is 3.45. The molecule has 0 bridgehead atoms. The third kappa shape index (κ3) is 4.40. The number of hydrogen-bond acceptors (Lipinski definition) is 7. The minimum atomic E-state index is -0.642. The van der Waals surface area contributed by atoms with E-state index in [1.165, 1.54) is 12.1 Å². The Morgan fingerprint density at radius 1 is 1.17 bits per heavy atom. The minimum absolute atomic E-state index is 0.131. The van der Waals surface area contributed by atoms with Crippen molar-refractivity contribution in [3.05, 3.63) is 83.6 Å². The fourth-order valence-corrected chi connectivity index (χ4v) is 2.94. The highest BCUT2D eigenvalue weighted by molar-refractivity contribution is 5.84. The number of esters is 1. The zero-order valence-corrected chi connectivity index (χ0v) is 16.2. The molecule has 0 saturated heterocycles. The Labute approximate surface area is 171 Å². The van der Waals surface area contributed by atoms with Crippen molar-refractivity contribution in [3.8, 4) is 11.3 Å². The van der Waals surface area contributed by atoms with Gasteiger partial charge in [-0.3, -0.25) is 9.67 Å². The number of aromatic nitrogens is 5. The molecular weight excluding hydrogens is 389 g/mol. The maximum absolute atomic E-state index is 13.3. The lowest BCUT2D eigenvalue weighted by Gasteiger charge is -2.05. The Bertz CT molecular complexity index is 1140. The molecule has 0 atom stereocenters. The first-order chi connectivity index (χ1) is 14.6. The van der Waals surface area contributed by atoms with Crippen LogP contribution in [0.1, 0.15) is 34.7 Å². The lowest BCUT2D eigenvalue weighted by atomic mass is 10.1. The molecule has 152 valence electrons. The number of hydrogen-bond donors (Lipinski definition) is 0. The fraction of sp³-hybridized carbons (Fsp3) is 0.190. The molecule has 0 saturated carbocycles. The molecule has 0 radical (unpaired) electrons. The number of benzene rings is 1. The van der Waals surface area contributed by atoms with E-state index in [9.17, 15) is 9.18 Å².